The van der Waals surface area contributed by atoms with Crippen molar-refractivity contribution in [3.05, 3.63) is 12.2 Å². The van der Waals surface area contributed by atoms with Gasteiger partial charge in [-0.1, -0.05) is 0 Å². The molecule has 1 rings (SSSR count). The third kappa shape index (κ3) is 3.88. The first-order valence-corrected chi connectivity index (χ1v) is 5.59. The molecule has 0 spiro atoms. The molecule has 0 aliphatic heterocycles. The number of methoxy groups -OCH3 is 1. The van der Waals surface area contributed by atoms with Crippen LogP contribution in [-0.4, -0.2) is 53.0 Å². The SMILES string of the molecule is CCn1ncnc1CN(CCN)CCOC. The van der Waals surface area contributed by atoms with Gasteiger partial charge >= 0.3 is 0 Å². The van der Waals surface area contributed by atoms with Gasteiger partial charge < -0.3 is 10.5 Å². The number of aromatic nitrogens is 3. The Kier molecular flexibility index (Phi) is 5.99. The first kappa shape index (κ1) is 13.1. The Morgan fingerprint density at radius 1 is 1.50 bits per heavy atom. The van der Waals surface area contributed by atoms with Gasteiger partial charge in [0.1, 0.15) is 12.2 Å². The van der Waals surface area contributed by atoms with Crippen LogP contribution in [-0.2, 0) is 17.8 Å². The number of nitrogens with zero attached hydrogens (tertiary/aromatic N) is 4. The zero-order valence-corrected chi connectivity index (χ0v) is 10.1. The van der Waals surface area contributed by atoms with Crippen molar-refractivity contribution < 1.29 is 4.74 Å². The van der Waals surface area contributed by atoms with Crippen LogP contribution in [0.3, 0.4) is 0 Å². The van der Waals surface area contributed by atoms with E-state index in [-0.39, 0.29) is 0 Å². The lowest BCUT2D eigenvalue weighted by Crippen LogP contribution is -2.33. The number of ether oxygens (including phenoxy) is 1. The van der Waals surface area contributed by atoms with Gasteiger partial charge in [-0.05, 0) is 6.92 Å². The van der Waals surface area contributed by atoms with Crippen LogP contribution < -0.4 is 5.73 Å². The summed E-state index contributed by atoms with van der Waals surface area (Å²) >= 11 is 0. The summed E-state index contributed by atoms with van der Waals surface area (Å²) in [6, 6.07) is 0. The standard InChI is InChI=1S/C10H21N5O/c1-3-15-10(12-9-13-15)8-14(5-4-11)6-7-16-2/h9H,3-8,11H2,1-2H3. The van der Waals surface area contributed by atoms with E-state index in [9.17, 15) is 0 Å². The van der Waals surface area contributed by atoms with E-state index in [0.29, 0.717) is 13.2 Å². The third-order valence-corrected chi connectivity index (χ3v) is 2.42. The Balaban J connectivity index is 2.52. The van der Waals surface area contributed by atoms with Gasteiger partial charge in [0.05, 0.1) is 13.2 Å². The highest BCUT2D eigenvalue weighted by atomic mass is 16.5. The van der Waals surface area contributed by atoms with Gasteiger partial charge in [0.2, 0.25) is 0 Å². The maximum absolute atomic E-state index is 5.58. The van der Waals surface area contributed by atoms with Crippen LogP contribution in [0.4, 0.5) is 0 Å². The highest BCUT2D eigenvalue weighted by Crippen LogP contribution is 2.00. The van der Waals surface area contributed by atoms with Crippen LogP contribution in [0.2, 0.25) is 0 Å². The highest BCUT2D eigenvalue weighted by molar-refractivity contribution is 4.84. The summed E-state index contributed by atoms with van der Waals surface area (Å²) in [5.41, 5.74) is 5.58. The maximum atomic E-state index is 5.58. The van der Waals surface area contributed by atoms with E-state index in [1.807, 2.05) is 4.68 Å². The fourth-order valence-corrected chi connectivity index (χ4v) is 1.55. The lowest BCUT2D eigenvalue weighted by atomic mass is 10.4. The Bertz CT molecular complexity index is 288. The largest absolute Gasteiger partial charge is 0.383 e. The topological polar surface area (TPSA) is 69.2 Å². The molecule has 1 aromatic heterocycles. The van der Waals surface area contributed by atoms with Crippen LogP contribution in [0.1, 0.15) is 12.7 Å². The second-order valence-electron chi connectivity index (χ2n) is 3.55. The normalized spacial score (nSPS) is 11.2. The van der Waals surface area contributed by atoms with E-state index in [1.54, 1.807) is 13.4 Å². The number of aryl methyl sites for hydroxylation is 1. The molecule has 0 aliphatic rings. The molecule has 0 atom stereocenters. The second-order valence-corrected chi connectivity index (χ2v) is 3.55. The van der Waals surface area contributed by atoms with Crippen molar-refractivity contribution in [2.75, 3.05) is 33.4 Å². The Morgan fingerprint density at radius 3 is 2.94 bits per heavy atom. The molecule has 2 N–H and O–H groups in total. The van der Waals surface area contributed by atoms with Gasteiger partial charge in [-0.3, -0.25) is 4.90 Å². The van der Waals surface area contributed by atoms with E-state index < -0.39 is 0 Å². The Hall–Kier alpha value is -0.980. The molecular formula is C10H21N5O. The van der Waals surface area contributed by atoms with Crippen molar-refractivity contribution in [1.29, 1.82) is 0 Å². The zero-order valence-electron chi connectivity index (χ0n) is 10.1. The first-order chi connectivity index (χ1) is 7.81. The van der Waals surface area contributed by atoms with E-state index in [0.717, 1.165) is 32.0 Å². The van der Waals surface area contributed by atoms with Gasteiger partial charge in [-0.2, -0.15) is 5.10 Å². The van der Waals surface area contributed by atoms with Crippen molar-refractivity contribution in [2.45, 2.75) is 20.0 Å². The van der Waals surface area contributed by atoms with Crippen LogP contribution in [0.15, 0.2) is 6.33 Å². The first-order valence-electron chi connectivity index (χ1n) is 5.59. The van der Waals surface area contributed by atoms with E-state index in [2.05, 4.69) is 21.9 Å². The monoisotopic (exact) mass is 227 g/mol. The molecule has 0 unspecified atom stereocenters. The molecule has 0 saturated heterocycles. The summed E-state index contributed by atoms with van der Waals surface area (Å²) in [5, 5.41) is 4.14. The zero-order chi connectivity index (χ0) is 11.8. The quantitative estimate of drug-likeness (QED) is 0.660. The van der Waals surface area contributed by atoms with E-state index >= 15 is 0 Å². The van der Waals surface area contributed by atoms with Crippen LogP contribution in [0.5, 0.6) is 0 Å². The van der Waals surface area contributed by atoms with Crippen LogP contribution in [0, 0.1) is 0 Å². The molecule has 0 amide bonds. The summed E-state index contributed by atoms with van der Waals surface area (Å²) in [4.78, 5) is 6.47. The molecule has 6 heteroatoms. The predicted molar refractivity (Wildman–Crippen MR) is 61.9 cm³/mol. The van der Waals surface area contributed by atoms with Gasteiger partial charge in [0.15, 0.2) is 0 Å². The molecule has 1 heterocycles. The summed E-state index contributed by atoms with van der Waals surface area (Å²) in [6.07, 6.45) is 1.59. The van der Waals surface area contributed by atoms with Crippen LogP contribution >= 0.6 is 0 Å². The molecule has 1 aromatic rings. The van der Waals surface area contributed by atoms with Gasteiger partial charge in [0.25, 0.3) is 0 Å². The van der Waals surface area contributed by atoms with Gasteiger partial charge in [0, 0.05) is 33.3 Å². The number of hydrogen-bond donors (Lipinski definition) is 1. The van der Waals surface area contributed by atoms with Crippen molar-refractivity contribution in [2.24, 2.45) is 5.73 Å². The van der Waals surface area contributed by atoms with Crippen LogP contribution in [0.25, 0.3) is 0 Å². The summed E-state index contributed by atoms with van der Waals surface area (Å²) in [7, 11) is 1.70. The van der Waals surface area contributed by atoms with Gasteiger partial charge in [-0.15, -0.1) is 0 Å². The Labute approximate surface area is 96.4 Å². The minimum absolute atomic E-state index is 0.643. The number of rotatable bonds is 8. The highest BCUT2D eigenvalue weighted by Gasteiger charge is 2.09. The number of nitrogens with two attached hydrogens (primary N) is 1. The third-order valence-electron chi connectivity index (χ3n) is 2.42. The van der Waals surface area contributed by atoms with Crippen molar-refractivity contribution >= 4 is 0 Å². The van der Waals surface area contributed by atoms with Crippen molar-refractivity contribution in [1.82, 2.24) is 19.7 Å². The molecular weight excluding hydrogens is 206 g/mol. The smallest absolute Gasteiger partial charge is 0.140 e. The summed E-state index contributed by atoms with van der Waals surface area (Å²) in [5.74, 6) is 0.979. The van der Waals surface area contributed by atoms with E-state index in [1.165, 1.54) is 0 Å². The average molecular weight is 227 g/mol. The summed E-state index contributed by atoms with van der Waals surface area (Å²) in [6.45, 7) is 6.74. The fraction of sp³-hybridized carbons (Fsp3) is 0.800. The maximum Gasteiger partial charge on any atom is 0.140 e. The lowest BCUT2D eigenvalue weighted by Gasteiger charge is -2.20. The molecule has 0 aliphatic carbocycles. The van der Waals surface area contributed by atoms with Crippen molar-refractivity contribution in [3.8, 4) is 0 Å². The molecule has 0 bridgehead atoms. The minimum atomic E-state index is 0.643. The average Bonchev–Trinajstić information content (AvgIpc) is 2.73. The van der Waals surface area contributed by atoms with Crippen molar-refractivity contribution in [3.63, 3.8) is 0 Å². The molecule has 16 heavy (non-hydrogen) atoms. The second kappa shape index (κ2) is 7.32. The molecule has 92 valence electrons. The molecule has 0 fully saturated rings. The molecule has 0 aromatic carbocycles. The van der Waals surface area contributed by atoms with E-state index in [4.69, 9.17) is 10.5 Å². The summed E-state index contributed by atoms with van der Waals surface area (Å²) < 4.78 is 6.97. The minimum Gasteiger partial charge on any atom is -0.383 e. The lowest BCUT2D eigenvalue weighted by molar-refractivity contribution is 0.143. The molecule has 0 saturated carbocycles. The fourth-order valence-electron chi connectivity index (χ4n) is 1.55. The predicted octanol–water partition coefficient (Wildman–Crippen LogP) is -0.295. The number of hydrogen-bond acceptors (Lipinski definition) is 5. The Morgan fingerprint density at radius 2 is 2.31 bits per heavy atom. The molecule has 6 nitrogen and oxygen atoms in total. The van der Waals surface area contributed by atoms with Gasteiger partial charge in [-0.25, -0.2) is 9.67 Å². The molecule has 0 radical (unpaired) electrons.